The highest BCUT2D eigenvalue weighted by molar-refractivity contribution is 6.16. The number of halogens is 1. The molecule has 1 aromatic rings. The summed E-state index contributed by atoms with van der Waals surface area (Å²) in [4.78, 5) is 4.20. The van der Waals surface area contributed by atoms with E-state index in [2.05, 4.69) is 23.4 Å². The molecular formula is C12H19ClN2. The smallest absolute Gasteiger partial charge is 0.0951 e. The maximum atomic E-state index is 5.91. The number of hydrogen-bond acceptors (Lipinski definition) is 1. The minimum Gasteiger partial charge on any atom is -0.330 e. The second-order valence-electron chi connectivity index (χ2n) is 4.60. The van der Waals surface area contributed by atoms with Gasteiger partial charge in [-0.2, -0.15) is 0 Å². The van der Waals surface area contributed by atoms with Crippen LogP contribution in [0.1, 0.15) is 44.8 Å². The first-order valence-corrected chi connectivity index (χ1v) is 6.38. The van der Waals surface area contributed by atoms with Crippen LogP contribution in [-0.2, 0) is 5.88 Å². The molecule has 0 aromatic carbocycles. The summed E-state index contributed by atoms with van der Waals surface area (Å²) in [5, 5.41) is 0. The molecule has 0 saturated heterocycles. The van der Waals surface area contributed by atoms with Crippen LogP contribution >= 0.6 is 11.6 Å². The lowest BCUT2D eigenvalue weighted by Gasteiger charge is -2.22. The molecule has 2 nitrogen and oxygen atoms in total. The Morgan fingerprint density at radius 3 is 2.93 bits per heavy atom. The molecule has 0 aliphatic heterocycles. The van der Waals surface area contributed by atoms with E-state index in [0.29, 0.717) is 11.9 Å². The van der Waals surface area contributed by atoms with Crippen molar-refractivity contribution in [2.75, 3.05) is 0 Å². The molecule has 1 heterocycles. The fourth-order valence-electron chi connectivity index (χ4n) is 2.93. The maximum Gasteiger partial charge on any atom is 0.0951 e. The number of aromatic nitrogens is 2. The number of imidazole rings is 1. The number of alkyl halides is 1. The van der Waals surface area contributed by atoms with Crippen molar-refractivity contribution in [1.29, 1.82) is 0 Å². The van der Waals surface area contributed by atoms with Crippen LogP contribution in [0.2, 0.25) is 0 Å². The van der Waals surface area contributed by atoms with Gasteiger partial charge in [0.25, 0.3) is 0 Å². The molecule has 0 radical (unpaired) electrons. The normalized spacial score (nSPS) is 31.0. The highest BCUT2D eigenvalue weighted by Gasteiger charge is 2.33. The molecule has 15 heavy (non-hydrogen) atoms. The Kier molecular flexibility index (Phi) is 3.35. The Morgan fingerprint density at radius 2 is 2.33 bits per heavy atom. The summed E-state index contributed by atoms with van der Waals surface area (Å²) in [6.07, 6.45) is 7.75. The van der Waals surface area contributed by atoms with Gasteiger partial charge in [0.2, 0.25) is 0 Å². The number of hydrogen-bond donors (Lipinski definition) is 0. The zero-order chi connectivity index (χ0) is 10.8. The van der Waals surface area contributed by atoms with E-state index in [4.69, 9.17) is 11.6 Å². The van der Waals surface area contributed by atoms with Crippen LogP contribution in [0.15, 0.2) is 12.5 Å². The van der Waals surface area contributed by atoms with E-state index in [1.807, 2.05) is 12.5 Å². The van der Waals surface area contributed by atoms with Gasteiger partial charge in [-0.05, 0) is 24.7 Å². The average Bonchev–Trinajstić information content (AvgIpc) is 2.83. The number of rotatable bonds is 3. The van der Waals surface area contributed by atoms with Gasteiger partial charge in [-0.15, -0.1) is 11.6 Å². The molecule has 84 valence electrons. The van der Waals surface area contributed by atoms with Crippen LogP contribution < -0.4 is 0 Å². The van der Waals surface area contributed by atoms with E-state index in [1.165, 1.54) is 19.3 Å². The molecule has 1 aliphatic rings. The maximum absolute atomic E-state index is 5.91. The van der Waals surface area contributed by atoms with Crippen molar-refractivity contribution in [3.05, 3.63) is 18.2 Å². The Labute approximate surface area is 96.7 Å². The average molecular weight is 227 g/mol. The third-order valence-electron chi connectivity index (χ3n) is 3.95. The molecule has 1 fully saturated rings. The van der Waals surface area contributed by atoms with E-state index < -0.39 is 0 Å². The zero-order valence-electron chi connectivity index (χ0n) is 9.49. The molecule has 0 spiro atoms. The number of nitrogens with zero attached hydrogens (tertiary/aromatic N) is 2. The topological polar surface area (TPSA) is 17.8 Å². The highest BCUT2D eigenvalue weighted by Crippen LogP contribution is 2.42. The summed E-state index contributed by atoms with van der Waals surface area (Å²) >= 11 is 5.91. The molecule has 3 atom stereocenters. The van der Waals surface area contributed by atoms with Crippen molar-refractivity contribution in [3.63, 3.8) is 0 Å². The van der Waals surface area contributed by atoms with Crippen LogP contribution in [0.3, 0.4) is 0 Å². The van der Waals surface area contributed by atoms with E-state index in [1.54, 1.807) is 0 Å². The Bertz CT molecular complexity index is 321. The van der Waals surface area contributed by atoms with Crippen LogP contribution in [0, 0.1) is 11.8 Å². The Balaban J connectivity index is 2.18. The van der Waals surface area contributed by atoms with Gasteiger partial charge in [-0.1, -0.05) is 20.3 Å². The fourth-order valence-corrected chi connectivity index (χ4v) is 3.13. The van der Waals surface area contributed by atoms with Gasteiger partial charge in [0, 0.05) is 12.2 Å². The Morgan fingerprint density at radius 1 is 1.53 bits per heavy atom. The van der Waals surface area contributed by atoms with Crippen molar-refractivity contribution < 1.29 is 0 Å². The van der Waals surface area contributed by atoms with Crippen LogP contribution in [0.4, 0.5) is 0 Å². The Hall–Kier alpha value is -0.500. The summed E-state index contributed by atoms with van der Waals surface area (Å²) in [5.74, 6) is 2.20. The lowest BCUT2D eigenvalue weighted by molar-refractivity contribution is 0.326. The van der Waals surface area contributed by atoms with Crippen LogP contribution in [-0.4, -0.2) is 9.55 Å². The van der Waals surface area contributed by atoms with Gasteiger partial charge in [0.15, 0.2) is 0 Å². The molecule has 3 heteroatoms. The minimum absolute atomic E-state index is 0.569. The van der Waals surface area contributed by atoms with Crippen molar-refractivity contribution in [2.45, 2.75) is 45.0 Å². The zero-order valence-corrected chi connectivity index (χ0v) is 10.2. The first-order chi connectivity index (χ1) is 7.27. The summed E-state index contributed by atoms with van der Waals surface area (Å²) in [6.45, 7) is 4.66. The standard InChI is InChI=1S/C12H19ClN2/c1-3-10-4-5-12(9(10)2)15-8-14-7-11(15)6-13/h7-10,12H,3-6H2,1-2H3. The minimum atomic E-state index is 0.569. The van der Waals surface area contributed by atoms with Crippen molar-refractivity contribution in [3.8, 4) is 0 Å². The van der Waals surface area contributed by atoms with E-state index in [9.17, 15) is 0 Å². The largest absolute Gasteiger partial charge is 0.330 e. The second kappa shape index (κ2) is 4.56. The molecule has 1 aromatic heterocycles. The third-order valence-corrected chi connectivity index (χ3v) is 4.22. The second-order valence-corrected chi connectivity index (χ2v) is 4.87. The lowest BCUT2D eigenvalue weighted by Crippen LogP contribution is -2.16. The molecule has 0 bridgehead atoms. The lowest BCUT2D eigenvalue weighted by atomic mass is 9.93. The van der Waals surface area contributed by atoms with Gasteiger partial charge in [-0.3, -0.25) is 0 Å². The van der Waals surface area contributed by atoms with Gasteiger partial charge in [-0.25, -0.2) is 4.98 Å². The highest BCUT2D eigenvalue weighted by atomic mass is 35.5. The van der Waals surface area contributed by atoms with E-state index in [0.717, 1.165) is 17.5 Å². The van der Waals surface area contributed by atoms with Gasteiger partial charge in [0.1, 0.15) is 0 Å². The van der Waals surface area contributed by atoms with Crippen molar-refractivity contribution >= 4 is 11.6 Å². The molecule has 1 saturated carbocycles. The molecule has 0 amide bonds. The predicted octanol–water partition coefficient (Wildman–Crippen LogP) is 3.62. The summed E-state index contributed by atoms with van der Waals surface area (Å²) in [5.41, 5.74) is 1.16. The van der Waals surface area contributed by atoms with Gasteiger partial charge < -0.3 is 4.57 Å². The molecular weight excluding hydrogens is 208 g/mol. The van der Waals surface area contributed by atoms with Crippen LogP contribution in [0.5, 0.6) is 0 Å². The fraction of sp³-hybridized carbons (Fsp3) is 0.750. The summed E-state index contributed by atoms with van der Waals surface area (Å²) < 4.78 is 2.29. The first kappa shape index (κ1) is 11.0. The first-order valence-electron chi connectivity index (χ1n) is 5.84. The van der Waals surface area contributed by atoms with E-state index in [-0.39, 0.29) is 0 Å². The third kappa shape index (κ3) is 1.92. The summed E-state index contributed by atoms with van der Waals surface area (Å²) in [6, 6.07) is 0.617. The monoisotopic (exact) mass is 226 g/mol. The SMILES string of the molecule is CCC1CCC(n2cncc2CCl)C1C. The van der Waals surface area contributed by atoms with Gasteiger partial charge in [0.05, 0.1) is 17.9 Å². The van der Waals surface area contributed by atoms with Crippen LogP contribution in [0.25, 0.3) is 0 Å². The molecule has 1 aliphatic carbocycles. The quantitative estimate of drug-likeness (QED) is 0.720. The predicted molar refractivity (Wildman–Crippen MR) is 63.0 cm³/mol. The molecule has 3 unspecified atom stereocenters. The van der Waals surface area contributed by atoms with Crippen molar-refractivity contribution in [2.24, 2.45) is 11.8 Å². The van der Waals surface area contributed by atoms with E-state index >= 15 is 0 Å². The van der Waals surface area contributed by atoms with Crippen molar-refractivity contribution in [1.82, 2.24) is 9.55 Å². The summed E-state index contributed by atoms with van der Waals surface area (Å²) in [7, 11) is 0. The molecule has 2 rings (SSSR count). The van der Waals surface area contributed by atoms with Gasteiger partial charge >= 0.3 is 0 Å². The molecule has 0 N–H and O–H groups in total.